The lowest BCUT2D eigenvalue weighted by Crippen LogP contribution is -1.21. The minimum atomic E-state index is 0.750. The number of hydrogen-bond donors (Lipinski definition) is 1. The zero-order valence-corrected chi connectivity index (χ0v) is 3.98. The van der Waals surface area contributed by atoms with Gasteiger partial charge in [-0.1, -0.05) is 25.3 Å². The van der Waals surface area contributed by atoms with E-state index in [4.69, 9.17) is 10.2 Å². The maximum atomic E-state index is 8.35. The molecule has 0 aliphatic heterocycles. The third-order valence-corrected chi connectivity index (χ3v) is 0.167. The molecule has 7 heavy (non-hydrogen) atoms. The molecule has 0 atom stereocenters. The second-order valence-electron chi connectivity index (χ2n) is 0.573. The van der Waals surface area contributed by atoms with Gasteiger partial charge in [0.2, 0.25) is 6.08 Å². The maximum absolute atomic E-state index is 8.35. The number of rotatable bonds is 1. The quantitative estimate of drug-likeness (QED) is 0.298. The molecule has 0 spiro atoms. The van der Waals surface area contributed by atoms with Crippen LogP contribution in [0, 0.1) is 5.41 Å². The Kier molecular flexibility index (Phi) is 27.8. The van der Waals surface area contributed by atoms with E-state index in [1.54, 1.807) is 12.2 Å². The average molecular weight is 97.1 g/mol. The fourth-order valence-corrected chi connectivity index (χ4v) is 0. The highest BCUT2D eigenvalue weighted by Crippen LogP contribution is 1.52. The van der Waals surface area contributed by atoms with Gasteiger partial charge in [-0.15, -0.1) is 0 Å². The second kappa shape index (κ2) is 20.9. The third kappa shape index (κ3) is 2030. The van der Waals surface area contributed by atoms with Crippen LogP contribution >= 0.6 is 0 Å². The van der Waals surface area contributed by atoms with E-state index in [2.05, 4.69) is 13.2 Å². The standard InChI is InChI=1S/C4H6.CHNO/c1-3-4-2;2-1-3/h3-4H,1-2H2;2H. The Balaban J connectivity index is 0. The van der Waals surface area contributed by atoms with Gasteiger partial charge >= 0.3 is 0 Å². The third-order valence-electron chi connectivity index (χ3n) is 0.167. The first kappa shape index (κ1) is 9.29. The molecule has 0 heterocycles. The summed E-state index contributed by atoms with van der Waals surface area (Å²) in [4.78, 5) is 8.35. The van der Waals surface area contributed by atoms with E-state index >= 15 is 0 Å². The molecule has 0 aliphatic rings. The van der Waals surface area contributed by atoms with E-state index in [9.17, 15) is 0 Å². The molecular formula is C5H7NO. The molecule has 2 heteroatoms. The van der Waals surface area contributed by atoms with Crippen molar-refractivity contribution in [1.82, 2.24) is 0 Å². The zero-order valence-electron chi connectivity index (χ0n) is 3.98. The van der Waals surface area contributed by atoms with E-state index in [0.717, 1.165) is 6.08 Å². The number of nitrogens with one attached hydrogen (secondary N) is 1. The molecule has 0 unspecified atom stereocenters. The summed E-state index contributed by atoms with van der Waals surface area (Å²) in [6, 6.07) is 0. The second-order valence-corrected chi connectivity index (χ2v) is 0.573. The molecule has 0 saturated carbocycles. The van der Waals surface area contributed by atoms with Crippen LogP contribution in [-0.2, 0) is 4.79 Å². The molecule has 0 aromatic carbocycles. The molecule has 0 aromatic heterocycles. The molecule has 1 N–H and O–H groups in total. The lowest BCUT2D eigenvalue weighted by molar-refractivity contribution is 0.563. The van der Waals surface area contributed by atoms with Gasteiger partial charge in [-0.3, -0.25) is 0 Å². The largest absolute Gasteiger partial charge is 0.231 e. The Hall–Kier alpha value is -1.14. The van der Waals surface area contributed by atoms with Gasteiger partial charge in [-0.2, -0.15) is 0 Å². The van der Waals surface area contributed by atoms with Gasteiger partial charge in [0, 0.05) is 0 Å². The molecule has 0 radical (unpaired) electrons. The first-order chi connectivity index (χ1) is 3.33. The highest BCUT2D eigenvalue weighted by Gasteiger charge is 1.29. The van der Waals surface area contributed by atoms with E-state index in [1.165, 1.54) is 0 Å². The van der Waals surface area contributed by atoms with Crippen LogP contribution in [-0.4, -0.2) is 6.08 Å². The van der Waals surface area contributed by atoms with Crippen molar-refractivity contribution in [2.75, 3.05) is 0 Å². The Morgan fingerprint density at radius 2 is 1.57 bits per heavy atom. The zero-order chi connectivity index (χ0) is 6.12. The Bertz CT molecular complexity index is 74.1. The number of isocyanates is 1. The molecule has 0 fully saturated rings. The molecule has 0 rings (SSSR count). The van der Waals surface area contributed by atoms with E-state index in [-0.39, 0.29) is 0 Å². The summed E-state index contributed by atoms with van der Waals surface area (Å²) in [5.74, 6) is 0. The molecular weight excluding hydrogens is 90.1 g/mol. The van der Waals surface area contributed by atoms with Gasteiger partial charge in [0.25, 0.3) is 0 Å². The summed E-state index contributed by atoms with van der Waals surface area (Å²) in [5.41, 5.74) is 0. The van der Waals surface area contributed by atoms with Gasteiger partial charge in [-0.25, -0.2) is 10.2 Å². The lowest BCUT2D eigenvalue weighted by Gasteiger charge is -1.44. The van der Waals surface area contributed by atoms with Crippen molar-refractivity contribution in [3.63, 3.8) is 0 Å². The topological polar surface area (TPSA) is 40.9 Å². The minimum absolute atomic E-state index is 0.750. The summed E-state index contributed by atoms with van der Waals surface area (Å²) in [7, 11) is 0. The molecule has 2 nitrogen and oxygen atoms in total. The summed E-state index contributed by atoms with van der Waals surface area (Å²) in [5, 5.41) is 5.40. The van der Waals surface area contributed by atoms with Crippen LogP contribution in [0.15, 0.2) is 25.3 Å². The maximum Gasteiger partial charge on any atom is 0.231 e. The van der Waals surface area contributed by atoms with E-state index in [1.807, 2.05) is 0 Å². The highest BCUT2D eigenvalue weighted by atomic mass is 16.1. The molecule has 0 aromatic rings. The number of hydrogen-bond acceptors (Lipinski definition) is 2. The summed E-state index contributed by atoms with van der Waals surface area (Å²) in [6.45, 7) is 6.72. The predicted molar refractivity (Wildman–Crippen MR) is 28.8 cm³/mol. The fourth-order valence-electron chi connectivity index (χ4n) is 0. The van der Waals surface area contributed by atoms with Crippen molar-refractivity contribution >= 4 is 6.08 Å². The van der Waals surface area contributed by atoms with Crippen LogP contribution in [0.4, 0.5) is 0 Å². The number of allylic oxidation sites excluding steroid dienone is 2. The van der Waals surface area contributed by atoms with Gasteiger partial charge in [0.05, 0.1) is 0 Å². The SMILES string of the molecule is C=CC=C.N=C=O. The van der Waals surface area contributed by atoms with Crippen molar-refractivity contribution in [2.45, 2.75) is 0 Å². The molecule has 38 valence electrons. The van der Waals surface area contributed by atoms with Crippen LogP contribution in [0.25, 0.3) is 0 Å². The predicted octanol–water partition coefficient (Wildman–Crippen LogP) is 1.26. The fraction of sp³-hybridized carbons (Fsp3) is 0. The monoisotopic (exact) mass is 97.1 g/mol. The summed E-state index contributed by atoms with van der Waals surface area (Å²) in [6.07, 6.45) is 4.03. The molecule has 0 saturated heterocycles. The molecule has 0 bridgehead atoms. The molecule has 0 aliphatic carbocycles. The van der Waals surface area contributed by atoms with Crippen molar-refractivity contribution in [3.05, 3.63) is 25.3 Å². The van der Waals surface area contributed by atoms with Gasteiger partial charge < -0.3 is 0 Å². The Morgan fingerprint density at radius 1 is 1.43 bits per heavy atom. The minimum Gasteiger partial charge on any atom is -0.222 e. The molecule has 0 amide bonds. The van der Waals surface area contributed by atoms with Crippen LogP contribution in [0.2, 0.25) is 0 Å². The smallest absolute Gasteiger partial charge is 0.222 e. The van der Waals surface area contributed by atoms with Crippen molar-refractivity contribution in [1.29, 1.82) is 5.41 Å². The lowest BCUT2D eigenvalue weighted by atomic mass is 10.6. The summed E-state index contributed by atoms with van der Waals surface area (Å²) < 4.78 is 0. The van der Waals surface area contributed by atoms with Crippen LogP contribution < -0.4 is 0 Å². The van der Waals surface area contributed by atoms with E-state index < -0.39 is 0 Å². The van der Waals surface area contributed by atoms with Crippen molar-refractivity contribution in [3.8, 4) is 0 Å². The Labute approximate surface area is 42.7 Å². The van der Waals surface area contributed by atoms with Crippen molar-refractivity contribution in [2.24, 2.45) is 0 Å². The average Bonchev–Trinajstić information content (AvgIpc) is 1.69. The highest BCUT2D eigenvalue weighted by molar-refractivity contribution is 5.26. The van der Waals surface area contributed by atoms with Gasteiger partial charge in [0.1, 0.15) is 0 Å². The van der Waals surface area contributed by atoms with Gasteiger partial charge in [-0.05, 0) is 0 Å². The van der Waals surface area contributed by atoms with Crippen LogP contribution in [0.5, 0.6) is 0 Å². The van der Waals surface area contributed by atoms with E-state index in [0.29, 0.717) is 0 Å². The van der Waals surface area contributed by atoms with Gasteiger partial charge in [0.15, 0.2) is 0 Å². The first-order valence-corrected chi connectivity index (χ1v) is 1.60. The summed E-state index contributed by atoms with van der Waals surface area (Å²) >= 11 is 0. The van der Waals surface area contributed by atoms with Crippen LogP contribution in [0.3, 0.4) is 0 Å². The Morgan fingerprint density at radius 3 is 1.57 bits per heavy atom. The van der Waals surface area contributed by atoms with Crippen LogP contribution in [0.1, 0.15) is 0 Å². The number of carbonyl (C=O) groups excluding carboxylic acids is 1. The first-order valence-electron chi connectivity index (χ1n) is 1.60. The normalized spacial score (nSPS) is 4.00. The van der Waals surface area contributed by atoms with Crippen molar-refractivity contribution < 1.29 is 4.79 Å².